The van der Waals surface area contributed by atoms with E-state index < -0.39 is 0 Å². The second kappa shape index (κ2) is 9.75. The highest BCUT2D eigenvalue weighted by Gasteiger charge is 2.30. The molecular formula is C26H38N4O2. The Morgan fingerprint density at radius 1 is 1.12 bits per heavy atom. The topological polar surface area (TPSA) is 61.6 Å². The number of nitrogens with one attached hydrogen (secondary N) is 1. The minimum atomic E-state index is 0.135. The van der Waals surface area contributed by atoms with Gasteiger partial charge in [0.15, 0.2) is 5.76 Å². The first-order chi connectivity index (χ1) is 15.3. The highest BCUT2D eigenvalue weighted by Crippen LogP contribution is 2.30. The van der Waals surface area contributed by atoms with Gasteiger partial charge >= 0.3 is 0 Å². The number of hydrogen-bond acceptors (Lipinski definition) is 5. The number of benzene rings is 1. The number of hydrogen-bond donors (Lipinski definition) is 1. The van der Waals surface area contributed by atoms with Gasteiger partial charge in [-0.25, -0.2) is 0 Å². The quantitative estimate of drug-likeness (QED) is 0.773. The van der Waals surface area contributed by atoms with Crippen LogP contribution in [0.2, 0.25) is 0 Å². The minimum absolute atomic E-state index is 0.135. The third kappa shape index (κ3) is 5.59. The lowest BCUT2D eigenvalue weighted by atomic mass is 9.81. The Kier molecular flexibility index (Phi) is 7.01. The largest absolute Gasteiger partial charge is 0.356 e. The van der Waals surface area contributed by atoms with E-state index in [4.69, 9.17) is 4.52 Å². The van der Waals surface area contributed by atoms with Gasteiger partial charge in [-0.05, 0) is 55.8 Å². The number of rotatable bonds is 5. The van der Waals surface area contributed by atoms with Crippen molar-refractivity contribution in [1.29, 1.82) is 0 Å². The van der Waals surface area contributed by atoms with Crippen molar-refractivity contribution in [3.05, 3.63) is 41.6 Å². The number of nitrogens with zero attached hydrogens (tertiary/aromatic N) is 3. The summed E-state index contributed by atoms with van der Waals surface area (Å²) in [6, 6.07) is 10.6. The van der Waals surface area contributed by atoms with Gasteiger partial charge in [0, 0.05) is 44.2 Å². The maximum absolute atomic E-state index is 12.9. The molecule has 2 unspecified atom stereocenters. The maximum atomic E-state index is 12.9. The standard InChI is InChI=1S/C26H38N4O2/c1-26(2,3)22-7-5-19(6-8-22)24-17-23(28-32-24)15-21-18-27-10-9-20(21)16-25(31)30-13-11-29(4)12-14-30/h5-8,17,20-21,27H,9-16,18H2,1-4H3. The first-order valence-corrected chi connectivity index (χ1v) is 12.0. The van der Waals surface area contributed by atoms with Gasteiger partial charge in [-0.15, -0.1) is 0 Å². The number of piperidine rings is 1. The number of carbonyl (C=O) groups is 1. The Labute approximate surface area is 192 Å². The van der Waals surface area contributed by atoms with Gasteiger partial charge < -0.3 is 19.6 Å². The van der Waals surface area contributed by atoms with Crippen molar-refractivity contribution < 1.29 is 9.32 Å². The van der Waals surface area contributed by atoms with Gasteiger partial charge in [0.05, 0.1) is 5.69 Å². The average Bonchev–Trinajstić information content (AvgIpc) is 3.23. The van der Waals surface area contributed by atoms with Crippen LogP contribution in [0, 0.1) is 11.8 Å². The molecule has 0 radical (unpaired) electrons. The molecule has 6 heteroatoms. The van der Waals surface area contributed by atoms with Crippen molar-refractivity contribution >= 4 is 5.91 Å². The number of aromatic nitrogens is 1. The third-order valence-corrected chi connectivity index (χ3v) is 7.12. The van der Waals surface area contributed by atoms with Gasteiger partial charge in [0.1, 0.15) is 0 Å². The fourth-order valence-electron chi connectivity index (χ4n) is 4.84. The second-order valence-corrected chi connectivity index (χ2v) is 10.6. The molecule has 1 N–H and O–H groups in total. The molecule has 2 aliphatic rings. The van der Waals surface area contributed by atoms with Gasteiger partial charge in [0.25, 0.3) is 0 Å². The van der Waals surface area contributed by atoms with Crippen molar-refractivity contribution in [3.63, 3.8) is 0 Å². The third-order valence-electron chi connectivity index (χ3n) is 7.12. The van der Waals surface area contributed by atoms with Crippen LogP contribution in [0.15, 0.2) is 34.9 Å². The fraction of sp³-hybridized carbons (Fsp3) is 0.615. The predicted octanol–water partition coefficient (Wildman–Crippen LogP) is 3.57. The lowest BCUT2D eigenvalue weighted by molar-refractivity contribution is -0.134. The van der Waals surface area contributed by atoms with Crippen LogP contribution in [0.4, 0.5) is 0 Å². The van der Waals surface area contributed by atoms with Crippen LogP contribution in [0.3, 0.4) is 0 Å². The Morgan fingerprint density at radius 2 is 1.84 bits per heavy atom. The number of carbonyl (C=O) groups excluding carboxylic acids is 1. The Morgan fingerprint density at radius 3 is 2.53 bits per heavy atom. The molecule has 3 heterocycles. The summed E-state index contributed by atoms with van der Waals surface area (Å²) in [5, 5.41) is 7.88. The SMILES string of the molecule is CN1CCN(C(=O)CC2CCNCC2Cc2cc(-c3ccc(C(C)(C)C)cc3)on2)CC1. The van der Waals surface area contributed by atoms with Crippen molar-refractivity contribution in [3.8, 4) is 11.3 Å². The summed E-state index contributed by atoms with van der Waals surface area (Å²) >= 11 is 0. The molecule has 0 saturated carbocycles. The summed E-state index contributed by atoms with van der Waals surface area (Å²) in [7, 11) is 2.12. The normalized spacial score (nSPS) is 22.8. The molecule has 1 aromatic carbocycles. The average molecular weight is 439 g/mol. The summed E-state index contributed by atoms with van der Waals surface area (Å²) < 4.78 is 5.69. The highest BCUT2D eigenvalue weighted by atomic mass is 16.5. The fourth-order valence-corrected chi connectivity index (χ4v) is 4.84. The molecule has 4 rings (SSSR count). The van der Waals surface area contributed by atoms with E-state index in [0.29, 0.717) is 24.2 Å². The molecular weight excluding hydrogens is 400 g/mol. The van der Waals surface area contributed by atoms with Crippen molar-refractivity contribution in [2.45, 2.75) is 45.4 Å². The highest BCUT2D eigenvalue weighted by molar-refractivity contribution is 5.76. The van der Waals surface area contributed by atoms with Gasteiger partial charge in [0.2, 0.25) is 5.91 Å². The van der Waals surface area contributed by atoms with Gasteiger partial charge in [-0.2, -0.15) is 0 Å². The number of amides is 1. The number of piperazine rings is 1. The van der Waals surface area contributed by atoms with Gasteiger partial charge in [-0.3, -0.25) is 4.79 Å². The molecule has 0 spiro atoms. The molecule has 2 saturated heterocycles. The van der Waals surface area contributed by atoms with Crippen LogP contribution in [0.5, 0.6) is 0 Å². The smallest absolute Gasteiger partial charge is 0.222 e. The molecule has 1 aromatic heterocycles. The van der Waals surface area contributed by atoms with Crippen LogP contribution in [-0.2, 0) is 16.6 Å². The lowest BCUT2D eigenvalue weighted by Gasteiger charge is -2.36. The zero-order valence-corrected chi connectivity index (χ0v) is 20.1. The molecule has 2 atom stereocenters. The van der Waals surface area contributed by atoms with E-state index >= 15 is 0 Å². The van der Waals surface area contributed by atoms with Crippen LogP contribution < -0.4 is 5.32 Å². The summed E-state index contributed by atoms with van der Waals surface area (Å²) in [4.78, 5) is 17.2. The van der Waals surface area contributed by atoms with E-state index in [1.165, 1.54) is 5.56 Å². The van der Waals surface area contributed by atoms with Crippen LogP contribution in [0.25, 0.3) is 11.3 Å². The molecule has 0 aliphatic carbocycles. The molecule has 2 aliphatic heterocycles. The van der Waals surface area contributed by atoms with E-state index in [-0.39, 0.29) is 5.41 Å². The molecule has 2 fully saturated rings. The summed E-state index contributed by atoms with van der Waals surface area (Å²) in [5.41, 5.74) is 3.48. The zero-order valence-electron chi connectivity index (χ0n) is 20.1. The van der Waals surface area contributed by atoms with Crippen molar-refractivity contribution in [2.75, 3.05) is 46.3 Å². The van der Waals surface area contributed by atoms with E-state index in [9.17, 15) is 4.79 Å². The molecule has 32 heavy (non-hydrogen) atoms. The Bertz CT molecular complexity index is 891. The molecule has 0 bridgehead atoms. The van der Waals surface area contributed by atoms with Gasteiger partial charge in [-0.1, -0.05) is 50.2 Å². The zero-order chi connectivity index (χ0) is 22.7. The summed E-state index contributed by atoms with van der Waals surface area (Å²) in [5.74, 6) is 1.93. The monoisotopic (exact) mass is 438 g/mol. The van der Waals surface area contributed by atoms with Crippen LogP contribution in [0.1, 0.15) is 44.9 Å². The summed E-state index contributed by atoms with van der Waals surface area (Å²) in [6.45, 7) is 12.2. The molecule has 1 amide bonds. The van der Waals surface area contributed by atoms with Crippen molar-refractivity contribution in [1.82, 2.24) is 20.3 Å². The second-order valence-electron chi connectivity index (χ2n) is 10.6. The predicted molar refractivity (Wildman–Crippen MR) is 128 cm³/mol. The lowest BCUT2D eigenvalue weighted by Crippen LogP contribution is -2.48. The molecule has 6 nitrogen and oxygen atoms in total. The minimum Gasteiger partial charge on any atom is -0.356 e. The number of likely N-dealkylation sites (N-methyl/N-ethyl adjacent to an activating group) is 1. The molecule has 174 valence electrons. The first kappa shape index (κ1) is 23.0. The summed E-state index contributed by atoms with van der Waals surface area (Å²) in [6.07, 6.45) is 2.54. The first-order valence-electron chi connectivity index (χ1n) is 12.0. The van der Waals surface area contributed by atoms with E-state index in [1.807, 2.05) is 0 Å². The van der Waals surface area contributed by atoms with E-state index in [1.54, 1.807) is 0 Å². The van der Waals surface area contributed by atoms with E-state index in [2.05, 4.69) is 78.4 Å². The molecule has 2 aromatic rings. The van der Waals surface area contributed by atoms with Crippen LogP contribution >= 0.6 is 0 Å². The van der Waals surface area contributed by atoms with E-state index in [0.717, 1.165) is 69.1 Å². The Balaban J connectivity index is 1.38. The van der Waals surface area contributed by atoms with Crippen LogP contribution in [-0.4, -0.2) is 67.2 Å². The Hall–Kier alpha value is -2.18. The van der Waals surface area contributed by atoms with Crippen molar-refractivity contribution in [2.24, 2.45) is 11.8 Å². The maximum Gasteiger partial charge on any atom is 0.222 e.